The molecular formula is C8H16FNO2. The Balaban J connectivity index is 3.95. The average Bonchev–Trinajstić information content (AvgIpc) is 2.04. The average molecular weight is 177 g/mol. The molecule has 0 aromatic carbocycles. The fraction of sp³-hybridized carbons (Fsp3) is 0.875. The molecule has 0 saturated heterocycles. The van der Waals surface area contributed by atoms with Crippen molar-refractivity contribution in [1.29, 1.82) is 0 Å². The number of hydrogen-bond acceptors (Lipinski definition) is 3. The molecule has 0 aromatic rings. The zero-order valence-corrected chi connectivity index (χ0v) is 7.76. The van der Waals surface area contributed by atoms with E-state index < -0.39 is 12.7 Å². The highest BCUT2D eigenvalue weighted by Crippen LogP contribution is 2.02. The zero-order chi connectivity index (χ0) is 9.56. The molecule has 3 nitrogen and oxygen atoms in total. The molecule has 0 radical (unpaired) electrons. The van der Waals surface area contributed by atoms with Crippen molar-refractivity contribution in [3.8, 4) is 0 Å². The molecule has 0 spiro atoms. The summed E-state index contributed by atoms with van der Waals surface area (Å²) in [5, 5.41) is 2.77. The number of alkyl halides is 1. The maximum Gasteiger partial charge on any atom is 0.323 e. The van der Waals surface area contributed by atoms with Crippen LogP contribution in [0.1, 0.15) is 13.8 Å². The lowest BCUT2D eigenvalue weighted by atomic mass is 10.1. The molecule has 0 bridgehead atoms. The monoisotopic (exact) mass is 177 g/mol. The Morgan fingerprint density at radius 1 is 1.58 bits per heavy atom. The second kappa shape index (κ2) is 5.94. The number of esters is 1. The summed E-state index contributed by atoms with van der Waals surface area (Å²) in [7, 11) is 1.33. The number of rotatable bonds is 5. The van der Waals surface area contributed by atoms with E-state index in [2.05, 4.69) is 10.1 Å². The van der Waals surface area contributed by atoms with Gasteiger partial charge in [-0.15, -0.1) is 0 Å². The summed E-state index contributed by atoms with van der Waals surface area (Å²) in [6.45, 7) is 3.48. The van der Waals surface area contributed by atoms with Gasteiger partial charge in [-0.2, -0.15) is 0 Å². The van der Waals surface area contributed by atoms with Gasteiger partial charge in [-0.25, -0.2) is 4.39 Å². The zero-order valence-electron chi connectivity index (χ0n) is 7.76. The van der Waals surface area contributed by atoms with Gasteiger partial charge >= 0.3 is 5.97 Å². The van der Waals surface area contributed by atoms with Crippen LogP contribution >= 0.6 is 0 Å². The molecule has 0 aliphatic carbocycles. The number of halogens is 1. The molecular weight excluding hydrogens is 161 g/mol. The highest BCUT2D eigenvalue weighted by atomic mass is 19.1. The van der Waals surface area contributed by atoms with E-state index in [4.69, 9.17) is 0 Å². The molecule has 0 aliphatic rings. The lowest BCUT2D eigenvalue weighted by Crippen LogP contribution is -2.42. The predicted octanol–water partition coefficient (Wildman–Crippen LogP) is 0.743. The van der Waals surface area contributed by atoms with Crippen LogP contribution in [0.3, 0.4) is 0 Å². The molecule has 4 heteroatoms. The predicted molar refractivity (Wildman–Crippen MR) is 44.6 cm³/mol. The van der Waals surface area contributed by atoms with E-state index >= 15 is 0 Å². The molecule has 0 amide bonds. The number of carbonyl (C=O) groups excluding carboxylic acids is 1. The number of nitrogens with one attached hydrogen (secondary N) is 1. The number of ether oxygens (including phenoxy) is 1. The Kier molecular flexibility index (Phi) is 5.62. The maximum atomic E-state index is 11.8. The van der Waals surface area contributed by atoms with E-state index in [0.717, 1.165) is 0 Å². The fourth-order valence-corrected chi connectivity index (χ4v) is 0.928. The van der Waals surface area contributed by atoms with Crippen molar-refractivity contribution < 1.29 is 13.9 Å². The van der Waals surface area contributed by atoms with E-state index in [1.807, 2.05) is 13.8 Å². The van der Waals surface area contributed by atoms with Crippen LogP contribution in [0.15, 0.2) is 0 Å². The van der Waals surface area contributed by atoms with Gasteiger partial charge in [-0.3, -0.25) is 4.79 Å². The summed E-state index contributed by atoms with van der Waals surface area (Å²) >= 11 is 0. The Bertz CT molecular complexity index is 139. The SMILES string of the molecule is COC(=O)C(NCCF)C(C)C. The fourth-order valence-electron chi connectivity index (χ4n) is 0.928. The summed E-state index contributed by atoms with van der Waals surface area (Å²) in [5.74, 6) is -0.220. The van der Waals surface area contributed by atoms with Crippen molar-refractivity contribution in [2.75, 3.05) is 20.3 Å². The third kappa shape index (κ3) is 3.67. The van der Waals surface area contributed by atoms with Gasteiger partial charge in [0, 0.05) is 6.54 Å². The van der Waals surface area contributed by atoms with Crippen LogP contribution in [0, 0.1) is 5.92 Å². The first-order chi connectivity index (χ1) is 5.63. The molecule has 1 N–H and O–H groups in total. The molecule has 12 heavy (non-hydrogen) atoms. The Morgan fingerprint density at radius 3 is 2.50 bits per heavy atom. The van der Waals surface area contributed by atoms with E-state index in [1.54, 1.807) is 0 Å². The van der Waals surface area contributed by atoms with Gasteiger partial charge in [0.1, 0.15) is 12.7 Å². The highest BCUT2D eigenvalue weighted by Gasteiger charge is 2.21. The van der Waals surface area contributed by atoms with E-state index in [1.165, 1.54) is 7.11 Å². The minimum absolute atomic E-state index is 0.115. The number of carbonyl (C=O) groups is 1. The first-order valence-electron chi connectivity index (χ1n) is 4.00. The molecule has 0 aliphatic heterocycles. The second-order valence-electron chi connectivity index (χ2n) is 2.89. The van der Waals surface area contributed by atoms with Crippen molar-refractivity contribution in [3.05, 3.63) is 0 Å². The molecule has 1 atom stereocenters. The smallest absolute Gasteiger partial charge is 0.323 e. The Hall–Kier alpha value is -0.640. The third-order valence-corrected chi connectivity index (χ3v) is 1.58. The summed E-state index contributed by atoms with van der Waals surface area (Å²) in [5.41, 5.74) is 0. The normalized spacial score (nSPS) is 13.1. The lowest BCUT2D eigenvalue weighted by molar-refractivity contribution is -0.144. The molecule has 0 fully saturated rings. The van der Waals surface area contributed by atoms with Crippen LogP contribution in [-0.4, -0.2) is 32.3 Å². The summed E-state index contributed by atoms with van der Waals surface area (Å²) in [4.78, 5) is 11.1. The minimum Gasteiger partial charge on any atom is -0.468 e. The van der Waals surface area contributed by atoms with Gasteiger partial charge in [0.05, 0.1) is 7.11 Å². The highest BCUT2D eigenvalue weighted by molar-refractivity contribution is 5.75. The van der Waals surface area contributed by atoms with Crippen molar-refractivity contribution >= 4 is 5.97 Å². The van der Waals surface area contributed by atoms with E-state index in [-0.39, 0.29) is 18.4 Å². The first kappa shape index (κ1) is 11.4. The van der Waals surface area contributed by atoms with Gasteiger partial charge in [0.15, 0.2) is 0 Å². The molecule has 0 rings (SSSR count). The first-order valence-corrected chi connectivity index (χ1v) is 4.00. The number of methoxy groups -OCH3 is 1. The Labute approximate surface area is 72.3 Å². The van der Waals surface area contributed by atoms with Crippen molar-refractivity contribution in [1.82, 2.24) is 5.32 Å². The minimum atomic E-state index is -0.472. The standard InChI is InChI=1S/C8H16FNO2/c1-6(2)7(8(11)12-3)10-5-4-9/h6-7,10H,4-5H2,1-3H3. The van der Waals surface area contributed by atoms with E-state index in [0.29, 0.717) is 0 Å². The van der Waals surface area contributed by atoms with Crippen LogP contribution < -0.4 is 5.32 Å². The lowest BCUT2D eigenvalue weighted by Gasteiger charge is -2.18. The third-order valence-electron chi connectivity index (χ3n) is 1.58. The van der Waals surface area contributed by atoms with Gasteiger partial charge < -0.3 is 10.1 Å². The van der Waals surface area contributed by atoms with Gasteiger partial charge in [-0.1, -0.05) is 13.8 Å². The summed E-state index contributed by atoms with van der Waals surface area (Å²) < 4.78 is 16.3. The van der Waals surface area contributed by atoms with Crippen molar-refractivity contribution in [2.24, 2.45) is 5.92 Å². The topological polar surface area (TPSA) is 38.3 Å². The van der Waals surface area contributed by atoms with Crippen LogP contribution in [0.25, 0.3) is 0 Å². The maximum absolute atomic E-state index is 11.8. The van der Waals surface area contributed by atoms with Crippen LogP contribution in [-0.2, 0) is 9.53 Å². The number of hydrogen-bond donors (Lipinski definition) is 1. The van der Waals surface area contributed by atoms with E-state index in [9.17, 15) is 9.18 Å². The summed E-state index contributed by atoms with van der Waals surface area (Å²) in [6.07, 6.45) is 0. The van der Waals surface area contributed by atoms with Crippen molar-refractivity contribution in [3.63, 3.8) is 0 Å². The van der Waals surface area contributed by atoms with Gasteiger partial charge in [0.25, 0.3) is 0 Å². The molecule has 1 unspecified atom stereocenters. The largest absolute Gasteiger partial charge is 0.468 e. The van der Waals surface area contributed by atoms with Gasteiger partial charge in [0.2, 0.25) is 0 Å². The van der Waals surface area contributed by atoms with Gasteiger partial charge in [-0.05, 0) is 5.92 Å². The van der Waals surface area contributed by atoms with Crippen LogP contribution in [0.5, 0.6) is 0 Å². The molecule has 0 aromatic heterocycles. The quantitative estimate of drug-likeness (QED) is 0.629. The molecule has 72 valence electrons. The summed E-state index contributed by atoms with van der Waals surface area (Å²) in [6, 6.07) is -0.397. The second-order valence-corrected chi connectivity index (χ2v) is 2.89. The molecule has 0 heterocycles. The van der Waals surface area contributed by atoms with Crippen LogP contribution in [0.2, 0.25) is 0 Å². The van der Waals surface area contributed by atoms with Crippen LogP contribution in [0.4, 0.5) is 4.39 Å². The Morgan fingerprint density at radius 2 is 2.17 bits per heavy atom. The van der Waals surface area contributed by atoms with Crippen molar-refractivity contribution in [2.45, 2.75) is 19.9 Å². The molecule has 0 saturated carbocycles.